The predicted octanol–water partition coefficient (Wildman–Crippen LogP) is 2.82. The van der Waals surface area contributed by atoms with Crippen LogP contribution in [0.25, 0.3) is 0 Å². The van der Waals surface area contributed by atoms with E-state index in [0.29, 0.717) is 6.79 Å². The molecule has 8 nitrogen and oxygen atoms in total. The second-order valence-corrected chi connectivity index (χ2v) is 8.54. The summed E-state index contributed by atoms with van der Waals surface area (Å²) in [5, 5.41) is 12.7. The van der Waals surface area contributed by atoms with E-state index in [1.54, 1.807) is 0 Å². The maximum Gasteiger partial charge on any atom is 0.231 e. The molecule has 0 spiro atoms. The number of benzene rings is 1. The van der Waals surface area contributed by atoms with Crippen LogP contribution in [0, 0.1) is 0 Å². The molecule has 4 rings (SSSR count). The van der Waals surface area contributed by atoms with Crippen molar-refractivity contribution in [3.63, 3.8) is 0 Å². The van der Waals surface area contributed by atoms with Gasteiger partial charge in [0.05, 0.1) is 11.6 Å². The highest BCUT2D eigenvalue weighted by atomic mass is 16.7. The van der Waals surface area contributed by atoms with Crippen molar-refractivity contribution in [3.05, 3.63) is 29.6 Å². The number of fused-ring (bicyclic) bond motifs is 1. The molecular formula is C21H32N6O2. The Bertz CT molecular complexity index is 828. The third kappa shape index (κ3) is 4.09. The zero-order valence-corrected chi connectivity index (χ0v) is 18.0. The van der Waals surface area contributed by atoms with Crippen molar-refractivity contribution >= 4 is 0 Å². The van der Waals surface area contributed by atoms with Crippen LogP contribution in [0.4, 0.5) is 0 Å². The highest BCUT2D eigenvalue weighted by molar-refractivity contribution is 5.44. The van der Waals surface area contributed by atoms with Crippen molar-refractivity contribution in [3.8, 4) is 11.5 Å². The van der Waals surface area contributed by atoms with Crippen LogP contribution in [-0.4, -0.2) is 63.0 Å². The van der Waals surface area contributed by atoms with Gasteiger partial charge in [0.15, 0.2) is 17.3 Å². The Kier molecular flexibility index (Phi) is 5.74. The number of rotatable bonds is 7. The Morgan fingerprint density at radius 3 is 2.55 bits per heavy atom. The normalized spacial score (nSPS) is 18.9. The first-order valence-corrected chi connectivity index (χ1v) is 10.7. The molecule has 1 fully saturated rings. The fourth-order valence-corrected chi connectivity index (χ4v) is 4.12. The van der Waals surface area contributed by atoms with E-state index in [1.165, 1.54) is 5.56 Å². The number of piperazine rings is 1. The first-order chi connectivity index (χ1) is 14.0. The van der Waals surface area contributed by atoms with Crippen LogP contribution in [0.15, 0.2) is 18.2 Å². The van der Waals surface area contributed by atoms with Gasteiger partial charge in [0.2, 0.25) is 6.79 Å². The topological polar surface area (TPSA) is 68.5 Å². The molecule has 158 valence electrons. The highest BCUT2D eigenvalue weighted by Gasteiger charge is 2.32. The molecule has 3 heterocycles. The Morgan fingerprint density at radius 1 is 1.07 bits per heavy atom. The number of ether oxygens (including phenoxy) is 2. The van der Waals surface area contributed by atoms with Gasteiger partial charge >= 0.3 is 0 Å². The van der Waals surface area contributed by atoms with Crippen molar-refractivity contribution in [2.75, 3.05) is 33.0 Å². The van der Waals surface area contributed by atoms with Crippen molar-refractivity contribution in [2.45, 2.75) is 58.7 Å². The number of hydrogen-bond acceptors (Lipinski definition) is 7. The van der Waals surface area contributed by atoms with Gasteiger partial charge in [0, 0.05) is 32.7 Å². The SMILES string of the molecule is CC[C@H](c1nnnn1C(C)(C)CC)N1CCN(Cc2ccc3c(c2)OCO3)CC1. The summed E-state index contributed by atoms with van der Waals surface area (Å²) in [6, 6.07) is 6.50. The molecule has 0 unspecified atom stereocenters. The molecule has 2 aliphatic rings. The molecule has 8 heteroatoms. The lowest BCUT2D eigenvalue weighted by molar-refractivity contribution is 0.0812. The molecule has 2 aromatic rings. The van der Waals surface area contributed by atoms with Crippen LogP contribution in [0.3, 0.4) is 0 Å². The lowest BCUT2D eigenvalue weighted by atomic mass is 10.0. The first kappa shape index (κ1) is 20.1. The summed E-state index contributed by atoms with van der Waals surface area (Å²) in [5.41, 5.74) is 1.19. The largest absolute Gasteiger partial charge is 0.454 e. The second-order valence-electron chi connectivity index (χ2n) is 8.54. The van der Waals surface area contributed by atoms with Crippen LogP contribution in [0.2, 0.25) is 0 Å². The van der Waals surface area contributed by atoms with Crippen LogP contribution >= 0.6 is 0 Å². The van der Waals surface area contributed by atoms with E-state index in [0.717, 1.165) is 62.9 Å². The molecule has 1 aromatic heterocycles. The lowest BCUT2D eigenvalue weighted by Gasteiger charge is -2.39. The number of tetrazole rings is 1. The zero-order valence-electron chi connectivity index (χ0n) is 18.0. The Labute approximate surface area is 172 Å². The fraction of sp³-hybridized carbons (Fsp3) is 0.667. The maximum absolute atomic E-state index is 5.51. The van der Waals surface area contributed by atoms with Gasteiger partial charge in [-0.15, -0.1) is 5.10 Å². The summed E-state index contributed by atoms with van der Waals surface area (Å²) < 4.78 is 13.0. The Balaban J connectivity index is 1.39. The van der Waals surface area contributed by atoms with E-state index in [1.807, 2.05) is 10.7 Å². The summed E-state index contributed by atoms with van der Waals surface area (Å²) in [7, 11) is 0. The smallest absolute Gasteiger partial charge is 0.231 e. The van der Waals surface area contributed by atoms with Gasteiger partial charge in [-0.1, -0.05) is 19.9 Å². The van der Waals surface area contributed by atoms with Gasteiger partial charge in [0.25, 0.3) is 0 Å². The van der Waals surface area contributed by atoms with Gasteiger partial charge in [0.1, 0.15) is 0 Å². The minimum absolute atomic E-state index is 0.0760. The Hall–Kier alpha value is -2.19. The molecule has 1 aromatic carbocycles. The molecule has 29 heavy (non-hydrogen) atoms. The van der Waals surface area contributed by atoms with Gasteiger partial charge in [-0.25, -0.2) is 4.68 Å². The van der Waals surface area contributed by atoms with Crippen molar-refractivity contribution in [2.24, 2.45) is 0 Å². The number of aromatic nitrogens is 4. The van der Waals surface area contributed by atoms with Crippen LogP contribution in [0.5, 0.6) is 11.5 Å². The summed E-state index contributed by atoms with van der Waals surface area (Å²) in [4.78, 5) is 5.03. The average molecular weight is 401 g/mol. The zero-order chi connectivity index (χ0) is 20.4. The van der Waals surface area contributed by atoms with Gasteiger partial charge in [-0.3, -0.25) is 9.80 Å². The lowest BCUT2D eigenvalue weighted by Crippen LogP contribution is -2.48. The molecule has 0 bridgehead atoms. The Morgan fingerprint density at radius 2 is 1.83 bits per heavy atom. The molecule has 0 aliphatic carbocycles. The first-order valence-electron chi connectivity index (χ1n) is 10.7. The second kappa shape index (κ2) is 8.28. The van der Waals surface area contributed by atoms with E-state index in [4.69, 9.17) is 9.47 Å². The molecule has 2 aliphatic heterocycles. The van der Waals surface area contributed by atoms with Crippen molar-refractivity contribution in [1.82, 2.24) is 30.0 Å². The predicted molar refractivity (Wildman–Crippen MR) is 110 cm³/mol. The minimum atomic E-state index is -0.0760. The monoisotopic (exact) mass is 400 g/mol. The van der Waals surface area contributed by atoms with E-state index >= 15 is 0 Å². The standard InChI is InChI=1S/C21H32N6O2/c1-5-17(20-22-23-24-27(20)21(3,4)6-2)26-11-9-25(10-12-26)14-16-7-8-18-19(13-16)29-15-28-18/h7-8,13,17H,5-6,9-12,14-15H2,1-4H3/t17-/m1/s1. The van der Waals surface area contributed by atoms with Crippen LogP contribution < -0.4 is 9.47 Å². The quantitative estimate of drug-likeness (QED) is 0.708. The van der Waals surface area contributed by atoms with Gasteiger partial charge in [-0.05, 0) is 54.8 Å². The highest BCUT2D eigenvalue weighted by Crippen LogP contribution is 2.33. The van der Waals surface area contributed by atoms with Crippen LogP contribution in [-0.2, 0) is 12.1 Å². The third-order valence-electron chi connectivity index (χ3n) is 6.31. The number of hydrogen-bond donors (Lipinski definition) is 0. The van der Waals surface area contributed by atoms with E-state index in [-0.39, 0.29) is 11.6 Å². The molecular weight excluding hydrogens is 368 g/mol. The van der Waals surface area contributed by atoms with Gasteiger partial charge < -0.3 is 9.47 Å². The average Bonchev–Trinajstić information content (AvgIpc) is 3.39. The van der Waals surface area contributed by atoms with E-state index in [2.05, 4.69) is 65.2 Å². The van der Waals surface area contributed by atoms with E-state index in [9.17, 15) is 0 Å². The fourth-order valence-electron chi connectivity index (χ4n) is 4.12. The summed E-state index contributed by atoms with van der Waals surface area (Å²) in [6.45, 7) is 14.2. The third-order valence-corrected chi connectivity index (χ3v) is 6.31. The molecule has 0 radical (unpaired) electrons. The summed E-state index contributed by atoms with van der Waals surface area (Å²) in [6.07, 6.45) is 1.99. The summed E-state index contributed by atoms with van der Waals surface area (Å²) in [5.74, 6) is 2.69. The van der Waals surface area contributed by atoms with E-state index < -0.39 is 0 Å². The summed E-state index contributed by atoms with van der Waals surface area (Å²) >= 11 is 0. The molecule has 0 saturated carbocycles. The maximum atomic E-state index is 5.51. The van der Waals surface area contributed by atoms with Crippen molar-refractivity contribution in [1.29, 1.82) is 0 Å². The van der Waals surface area contributed by atoms with Gasteiger partial charge in [-0.2, -0.15) is 0 Å². The molecule has 0 N–H and O–H groups in total. The molecule has 1 saturated heterocycles. The van der Waals surface area contributed by atoms with Crippen molar-refractivity contribution < 1.29 is 9.47 Å². The molecule has 1 atom stereocenters. The molecule has 0 amide bonds. The van der Waals surface area contributed by atoms with Crippen LogP contribution in [0.1, 0.15) is 58.0 Å². The number of nitrogens with zero attached hydrogens (tertiary/aromatic N) is 6. The minimum Gasteiger partial charge on any atom is -0.454 e.